The molecule has 0 aromatic heterocycles. The lowest BCUT2D eigenvalue weighted by Gasteiger charge is -2.18. The maximum Gasteiger partial charge on any atom is 0.122 e. The van der Waals surface area contributed by atoms with E-state index in [-0.39, 0.29) is 11.2 Å². The molecule has 0 heterocycles. The first-order valence-corrected chi connectivity index (χ1v) is 8.18. The number of aromatic hydroxyl groups is 1. The monoisotopic (exact) mass is 325 g/mol. The Morgan fingerprint density at radius 1 is 1.08 bits per heavy atom. The van der Waals surface area contributed by atoms with E-state index in [1.54, 1.807) is 12.1 Å². The van der Waals surface area contributed by atoms with Crippen molar-refractivity contribution in [3.8, 4) is 5.75 Å². The van der Waals surface area contributed by atoms with Crippen molar-refractivity contribution in [2.45, 2.75) is 46.5 Å². The Bertz CT molecular complexity index is 680. The first kappa shape index (κ1) is 19.6. The molecule has 3 nitrogen and oxygen atoms in total. The topological polar surface area (TPSA) is 49.7 Å². The van der Waals surface area contributed by atoms with E-state index in [0.717, 1.165) is 6.42 Å². The van der Waals surface area contributed by atoms with Gasteiger partial charge in [-0.3, -0.25) is 0 Å². The van der Waals surface area contributed by atoms with Crippen LogP contribution in [0.2, 0.25) is 0 Å². The third-order valence-corrected chi connectivity index (χ3v) is 3.57. The summed E-state index contributed by atoms with van der Waals surface area (Å²) in [6.45, 7) is 10.8. The molecular weight excluding hydrogens is 298 g/mol. The summed E-state index contributed by atoms with van der Waals surface area (Å²) < 4.78 is 0. The fourth-order valence-corrected chi connectivity index (χ4v) is 2.03. The van der Waals surface area contributed by atoms with Crippen molar-refractivity contribution in [1.29, 1.82) is 0 Å². The zero-order valence-corrected chi connectivity index (χ0v) is 15.2. The standard InChI is InChI=1S/C11H16.C10H11NO2/c1-9-5-7-10(8-6-9)11(2,3)4;1-2-3-4-8-7-9(11-13)5-6-10(8)12/h5-8H,1-4H3;3-7,12H,2H2,1H3/b;4-3-. The minimum Gasteiger partial charge on any atom is -0.507 e. The van der Waals surface area contributed by atoms with E-state index < -0.39 is 0 Å². The molecule has 0 bridgehead atoms. The number of nitroso groups, excluding NO2 is 1. The van der Waals surface area contributed by atoms with Gasteiger partial charge >= 0.3 is 0 Å². The quantitative estimate of drug-likeness (QED) is 0.654. The molecule has 0 unspecified atom stereocenters. The molecular formula is C21H27NO2. The van der Waals surface area contributed by atoms with Gasteiger partial charge in [-0.1, -0.05) is 69.7 Å². The lowest BCUT2D eigenvalue weighted by Crippen LogP contribution is -2.10. The smallest absolute Gasteiger partial charge is 0.122 e. The van der Waals surface area contributed by atoms with Crippen molar-refractivity contribution in [2.75, 3.05) is 0 Å². The summed E-state index contributed by atoms with van der Waals surface area (Å²) in [6, 6.07) is 13.2. The minimum atomic E-state index is 0.164. The van der Waals surface area contributed by atoms with Crippen molar-refractivity contribution >= 4 is 11.8 Å². The Kier molecular flexibility index (Phi) is 7.37. The van der Waals surface area contributed by atoms with E-state index in [2.05, 4.69) is 57.1 Å². The van der Waals surface area contributed by atoms with E-state index in [4.69, 9.17) is 0 Å². The van der Waals surface area contributed by atoms with Gasteiger partial charge in [0.05, 0.1) is 0 Å². The maximum atomic E-state index is 10.2. The Morgan fingerprint density at radius 3 is 2.21 bits per heavy atom. The van der Waals surface area contributed by atoms with Crippen LogP contribution in [-0.2, 0) is 5.41 Å². The SMILES string of the molecule is CC/C=C\c1cc(N=O)ccc1O.Cc1ccc(C(C)(C)C)cc1. The van der Waals surface area contributed by atoms with Gasteiger partial charge in [0.1, 0.15) is 11.4 Å². The van der Waals surface area contributed by atoms with Crippen LogP contribution in [0.25, 0.3) is 6.08 Å². The third kappa shape index (κ3) is 6.37. The highest BCUT2D eigenvalue weighted by molar-refractivity contribution is 5.61. The van der Waals surface area contributed by atoms with Crippen LogP contribution in [0.4, 0.5) is 5.69 Å². The summed E-state index contributed by atoms with van der Waals surface area (Å²) in [5.74, 6) is 0.164. The van der Waals surface area contributed by atoms with Gasteiger partial charge < -0.3 is 5.11 Å². The number of benzene rings is 2. The van der Waals surface area contributed by atoms with Crippen LogP contribution in [-0.4, -0.2) is 5.11 Å². The van der Waals surface area contributed by atoms with Crippen molar-refractivity contribution in [1.82, 2.24) is 0 Å². The van der Waals surface area contributed by atoms with E-state index in [0.29, 0.717) is 11.3 Å². The fourth-order valence-electron chi connectivity index (χ4n) is 2.03. The van der Waals surface area contributed by atoms with Crippen molar-refractivity contribution < 1.29 is 5.11 Å². The lowest BCUT2D eigenvalue weighted by molar-refractivity contribution is 0.474. The Labute approximate surface area is 145 Å². The second kappa shape index (κ2) is 9.02. The van der Waals surface area contributed by atoms with Crippen LogP contribution in [0, 0.1) is 11.8 Å². The Hall–Kier alpha value is -2.42. The van der Waals surface area contributed by atoms with Gasteiger partial charge in [0, 0.05) is 5.56 Å². The summed E-state index contributed by atoms with van der Waals surface area (Å²) in [5, 5.41) is 12.1. The fraction of sp³-hybridized carbons (Fsp3) is 0.333. The summed E-state index contributed by atoms with van der Waals surface area (Å²) >= 11 is 0. The predicted octanol–water partition coefficient (Wildman–Crippen LogP) is 6.51. The number of hydrogen-bond donors (Lipinski definition) is 1. The second-order valence-corrected chi connectivity index (χ2v) is 6.76. The highest BCUT2D eigenvalue weighted by atomic mass is 16.3. The number of nitrogens with zero attached hydrogens (tertiary/aromatic N) is 1. The Balaban J connectivity index is 0.000000243. The van der Waals surface area contributed by atoms with Crippen LogP contribution in [0.1, 0.15) is 50.8 Å². The van der Waals surface area contributed by atoms with Gasteiger partial charge in [-0.15, -0.1) is 4.91 Å². The molecule has 0 radical (unpaired) electrons. The molecule has 3 heteroatoms. The molecule has 1 N–H and O–H groups in total. The van der Waals surface area contributed by atoms with E-state index >= 15 is 0 Å². The van der Waals surface area contributed by atoms with E-state index in [9.17, 15) is 10.0 Å². The highest BCUT2D eigenvalue weighted by Crippen LogP contribution is 2.24. The molecule has 0 saturated carbocycles. The van der Waals surface area contributed by atoms with Gasteiger partial charge in [0.15, 0.2) is 0 Å². The van der Waals surface area contributed by atoms with Gasteiger partial charge in [0.2, 0.25) is 0 Å². The van der Waals surface area contributed by atoms with E-state index in [1.165, 1.54) is 23.3 Å². The number of phenolic OH excluding ortho intramolecular Hbond substituents is 1. The molecule has 0 aliphatic rings. The lowest BCUT2D eigenvalue weighted by atomic mass is 9.87. The number of hydrogen-bond acceptors (Lipinski definition) is 3. The first-order valence-electron chi connectivity index (χ1n) is 8.18. The molecule has 0 amide bonds. The molecule has 0 atom stereocenters. The van der Waals surface area contributed by atoms with Gasteiger partial charge in [-0.2, -0.15) is 0 Å². The number of allylic oxidation sites excluding steroid dienone is 1. The molecule has 2 aromatic rings. The van der Waals surface area contributed by atoms with Crippen molar-refractivity contribution in [3.05, 3.63) is 70.1 Å². The first-order chi connectivity index (χ1) is 11.3. The van der Waals surface area contributed by atoms with Crippen LogP contribution in [0.3, 0.4) is 0 Å². The molecule has 0 aliphatic heterocycles. The normalized spacial score (nSPS) is 11.0. The minimum absolute atomic E-state index is 0.164. The molecule has 2 rings (SSSR count). The molecule has 128 valence electrons. The zero-order chi connectivity index (χ0) is 18.2. The molecule has 0 spiro atoms. The molecule has 24 heavy (non-hydrogen) atoms. The molecule has 2 aromatic carbocycles. The van der Waals surface area contributed by atoms with Crippen LogP contribution >= 0.6 is 0 Å². The third-order valence-electron chi connectivity index (χ3n) is 3.57. The zero-order valence-electron chi connectivity index (χ0n) is 15.2. The number of rotatable bonds is 3. The molecule has 0 aliphatic carbocycles. The van der Waals surface area contributed by atoms with Gasteiger partial charge in [0.25, 0.3) is 0 Å². The van der Waals surface area contributed by atoms with Crippen molar-refractivity contribution in [2.24, 2.45) is 5.18 Å². The van der Waals surface area contributed by atoms with Crippen LogP contribution < -0.4 is 0 Å². The second-order valence-electron chi connectivity index (χ2n) is 6.76. The summed E-state index contributed by atoms with van der Waals surface area (Å²) in [4.78, 5) is 10.2. The largest absolute Gasteiger partial charge is 0.507 e. The van der Waals surface area contributed by atoms with Crippen LogP contribution in [0.5, 0.6) is 5.75 Å². The maximum absolute atomic E-state index is 10.2. The van der Waals surface area contributed by atoms with E-state index in [1.807, 2.05) is 13.0 Å². The summed E-state index contributed by atoms with van der Waals surface area (Å²) in [6.07, 6.45) is 4.56. The van der Waals surface area contributed by atoms with Crippen LogP contribution in [0.15, 0.2) is 53.7 Å². The number of aryl methyl sites for hydroxylation is 1. The summed E-state index contributed by atoms with van der Waals surface area (Å²) in [5.41, 5.74) is 3.97. The van der Waals surface area contributed by atoms with Gasteiger partial charge in [-0.05, 0) is 47.7 Å². The highest BCUT2D eigenvalue weighted by Gasteiger charge is 2.11. The molecule has 0 saturated heterocycles. The predicted molar refractivity (Wildman–Crippen MR) is 103 cm³/mol. The number of phenols is 1. The summed E-state index contributed by atoms with van der Waals surface area (Å²) in [7, 11) is 0. The Morgan fingerprint density at radius 2 is 1.71 bits per heavy atom. The average Bonchev–Trinajstić information content (AvgIpc) is 2.54. The molecule has 0 fully saturated rings. The average molecular weight is 325 g/mol. The van der Waals surface area contributed by atoms with Crippen molar-refractivity contribution in [3.63, 3.8) is 0 Å². The van der Waals surface area contributed by atoms with Gasteiger partial charge in [-0.25, -0.2) is 0 Å².